The Balaban J connectivity index is 1.45. The Labute approximate surface area is 140 Å². The molecule has 118 valence electrons. The summed E-state index contributed by atoms with van der Waals surface area (Å²) in [6.45, 7) is 0.483. The summed E-state index contributed by atoms with van der Waals surface area (Å²) in [7, 11) is 0. The van der Waals surface area contributed by atoms with Gasteiger partial charge >= 0.3 is 0 Å². The number of carbonyl (C=O) groups is 1. The maximum atomic E-state index is 11.9. The minimum Gasteiger partial charge on any atom is -0.352 e. The number of hydrogen-bond donors (Lipinski definition) is 1. The molecule has 3 aromatic rings. The fourth-order valence-electron chi connectivity index (χ4n) is 1.77. The SMILES string of the molecule is O=C(Cc1noc(CSc2nncs2)n1)NCc1ccccc1. The Morgan fingerprint density at radius 2 is 2.17 bits per heavy atom. The normalized spacial score (nSPS) is 10.6. The van der Waals surface area contributed by atoms with Gasteiger partial charge in [-0.3, -0.25) is 4.79 Å². The molecular weight excluding hydrogens is 334 g/mol. The van der Waals surface area contributed by atoms with Crippen LogP contribution in [0.4, 0.5) is 0 Å². The van der Waals surface area contributed by atoms with Crippen LogP contribution in [0.25, 0.3) is 0 Å². The number of carbonyl (C=O) groups excluding carboxylic acids is 1. The average Bonchev–Trinajstić information content (AvgIpc) is 3.23. The summed E-state index contributed by atoms with van der Waals surface area (Å²) in [6.07, 6.45) is 0.0970. The predicted octanol–water partition coefficient (Wildman–Crippen LogP) is 2.07. The molecule has 0 bridgehead atoms. The first-order chi connectivity index (χ1) is 11.3. The van der Waals surface area contributed by atoms with Crippen molar-refractivity contribution >= 4 is 29.0 Å². The lowest BCUT2D eigenvalue weighted by atomic mass is 10.2. The lowest BCUT2D eigenvalue weighted by molar-refractivity contribution is -0.120. The van der Waals surface area contributed by atoms with E-state index in [4.69, 9.17) is 4.52 Å². The van der Waals surface area contributed by atoms with Gasteiger partial charge in [-0.15, -0.1) is 10.2 Å². The van der Waals surface area contributed by atoms with E-state index in [1.165, 1.54) is 23.1 Å². The van der Waals surface area contributed by atoms with E-state index in [0.717, 1.165) is 9.90 Å². The Bertz CT molecular complexity index is 746. The van der Waals surface area contributed by atoms with Crippen LogP contribution >= 0.6 is 23.1 Å². The monoisotopic (exact) mass is 347 g/mol. The second kappa shape index (κ2) is 7.84. The fourth-order valence-corrected chi connectivity index (χ4v) is 3.10. The van der Waals surface area contributed by atoms with E-state index >= 15 is 0 Å². The van der Waals surface area contributed by atoms with Crippen molar-refractivity contribution < 1.29 is 9.32 Å². The summed E-state index contributed by atoms with van der Waals surface area (Å²) < 4.78 is 5.96. The van der Waals surface area contributed by atoms with Crippen LogP contribution in [-0.2, 0) is 23.5 Å². The average molecular weight is 347 g/mol. The summed E-state index contributed by atoms with van der Waals surface area (Å²) >= 11 is 2.92. The number of rotatable bonds is 7. The molecule has 0 unspecified atom stereocenters. The molecule has 3 rings (SSSR count). The van der Waals surface area contributed by atoms with Gasteiger partial charge in [0, 0.05) is 6.54 Å². The molecule has 0 aliphatic heterocycles. The van der Waals surface area contributed by atoms with E-state index in [9.17, 15) is 4.79 Å². The second-order valence-corrected chi connectivity index (χ2v) is 6.59. The van der Waals surface area contributed by atoms with Gasteiger partial charge in [-0.2, -0.15) is 4.98 Å². The summed E-state index contributed by atoms with van der Waals surface area (Å²) in [5.41, 5.74) is 2.71. The highest BCUT2D eigenvalue weighted by molar-refractivity contribution is 8.00. The molecule has 9 heteroatoms. The van der Waals surface area contributed by atoms with Crippen molar-refractivity contribution in [1.29, 1.82) is 0 Å². The highest BCUT2D eigenvalue weighted by Gasteiger charge is 2.11. The first-order valence-corrected chi connectivity index (χ1v) is 8.67. The maximum absolute atomic E-state index is 11.9. The number of aromatic nitrogens is 4. The third kappa shape index (κ3) is 4.86. The number of benzene rings is 1. The Morgan fingerprint density at radius 3 is 2.96 bits per heavy atom. The van der Waals surface area contributed by atoms with Crippen LogP contribution in [0.1, 0.15) is 17.3 Å². The van der Waals surface area contributed by atoms with Gasteiger partial charge in [0.25, 0.3) is 0 Å². The first kappa shape index (κ1) is 15.6. The van der Waals surface area contributed by atoms with Gasteiger partial charge in [0.1, 0.15) is 5.51 Å². The molecule has 1 aromatic carbocycles. The highest BCUT2D eigenvalue weighted by atomic mass is 32.2. The topological polar surface area (TPSA) is 93.8 Å². The van der Waals surface area contributed by atoms with Crippen molar-refractivity contribution in [2.24, 2.45) is 0 Å². The van der Waals surface area contributed by atoms with E-state index in [1.54, 1.807) is 5.51 Å². The number of nitrogens with zero attached hydrogens (tertiary/aromatic N) is 4. The molecule has 0 aliphatic carbocycles. The van der Waals surface area contributed by atoms with Crippen molar-refractivity contribution in [2.75, 3.05) is 0 Å². The minimum atomic E-state index is -0.141. The zero-order chi connectivity index (χ0) is 15.9. The Morgan fingerprint density at radius 1 is 1.30 bits per heavy atom. The number of thioether (sulfide) groups is 1. The molecule has 0 saturated heterocycles. The molecule has 7 nitrogen and oxygen atoms in total. The quantitative estimate of drug-likeness (QED) is 0.654. The number of hydrogen-bond acceptors (Lipinski definition) is 8. The van der Waals surface area contributed by atoms with Crippen molar-refractivity contribution in [2.45, 2.75) is 23.1 Å². The summed E-state index contributed by atoms with van der Waals surface area (Å²) in [4.78, 5) is 16.1. The molecule has 0 spiro atoms. The summed E-state index contributed by atoms with van der Waals surface area (Å²) in [6, 6.07) is 9.71. The van der Waals surface area contributed by atoms with E-state index in [-0.39, 0.29) is 12.3 Å². The Kier molecular flexibility index (Phi) is 5.33. The molecule has 2 heterocycles. The van der Waals surface area contributed by atoms with Crippen LogP contribution in [0, 0.1) is 0 Å². The molecule has 23 heavy (non-hydrogen) atoms. The molecule has 1 N–H and O–H groups in total. The van der Waals surface area contributed by atoms with Crippen molar-refractivity contribution in [3.8, 4) is 0 Å². The van der Waals surface area contributed by atoms with Crippen LogP contribution in [0.15, 0.2) is 44.7 Å². The standard InChI is InChI=1S/C14H13N5O2S2/c20-12(15-7-10-4-2-1-3-5-10)6-11-17-13(21-19-11)8-22-14-18-16-9-23-14/h1-5,9H,6-8H2,(H,15,20). The van der Waals surface area contributed by atoms with E-state index in [1.807, 2.05) is 30.3 Å². The van der Waals surface area contributed by atoms with E-state index < -0.39 is 0 Å². The van der Waals surface area contributed by atoms with Gasteiger partial charge in [0.15, 0.2) is 10.2 Å². The highest BCUT2D eigenvalue weighted by Crippen LogP contribution is 2.22. The first-order valence-electron chi connectivity index (χ1n) is 6.80. The minimum absolute atomic E-state index is 0.0970. The van der Waals surface area contributed by atoms with Crippen LogP contribution in [0.5, 0.6) is 0 Å². The zero-order valence-electron chi connectivity index (χ0n) is 12.0. The lowest BCUT2D eigenvalue weighted by Gasteiger charge is -2.03. The molecule has 0 atom stereocenters. The molecule has 1 amide bonds. The van der Waals surface area contributed by atoms with Gasteiger partial charge in [0.2, 0.25) is 11.8 Å². The summed E-state index contributed by atoms with van der Waals surface area (Å²) in [5, 5.41) is 14.3. The van der Waals surface area contributed by atoms with Gasteiger partial charge < -0.3 is 9.84 Å². The van der Waals surface area contributed by atoms with Gasteiger partial charge in [0.05, 0.1) is 12.2 Å². The Hall–Kier alpha value is -2.26. The van der Waals surface area contributed by atoms with Crippen LogP contribution in [0.3, 0.4) is 0 Å². The van der Waals surface area contributed by atoms with E-state index in [0.29, 0.717) is 24.0 Å². The third-order valence-corrected chi connectivity index (χ3v) is 4.67. The molecule has 0 fully saturated rings. The van der Waals surface area contributed by atoms with Crippen LogP contribution in [-0.4, -0.2) is 26.2 Å². The van der Waals surface area contributed by atoms with Gasteiger partial charge in [-0.25, -0.2) is 0 Å². The van der Waals surface area contributed by atoms with Crippen LogP contribution < -0.4 is 5.32 Å². The van der Waals surface area contributed by atoms with Gasteiger partial charge in [-0.05, 0) is 5.56 Å². The smallest absolute Gasteiger partial charge is 0.237 e. The van der Waals surface area contributed by atoms with Crippen molar-refractivity contribution in [3.63, 3.8) is 0 Å². The zero-order valence-corrected chi connectivity index (χ0v) is 13.6. The number of amides is 1. The third-order valence-electron chi connectivity index (χ3n) is 2.82. The molecular formula is C14H13N5O2S2. The summed E-state index contributed by atoms with van der Waals surface area (Å²) in [5.74, 6) is 1.21. The second-order valence-electron chi connectivity index (χ2n) is 4.54. The molecule has 0 saturated carbocycles. The maximum Gasteiger partial charge on any atom is 0.237 e. The predicted molar refractivity (Wildman–Crippen MR) is 85.8 cm³/mol. The number of nitrogens with one attached hydrogen (secondary N) is 1. The van der Waals surface area contributed by atoms with Gasteiger partial charge in [-0.1, -0.05) is 58.6 Å². The van der Waals surface area contributed by atoms with Crippen molar-refractivity contribution in [3.05, 3.63) is 53.1 Å². The molecule has 2 aromatic heterocycles. The fraction of sp³-hybridized carbons (Fsp3) is 0.214. The largest absolute Gasteiger partial charge is 0.352 e. The lowest BCUT2D eigenvalue weighted by Crippen LogP contribution is -2.24. The van der Waals surface area contributed by atoms with Crippen molar-refractivity contribution in [1.82, 2.24) is 25.7 Å². The molecule has 0 radical (unpaired) electrons. The molecule has 0 aliphatic rings. The van der Waals surface area contributed by atoms with E-state index in [2.05, 4.69) is 25.7 Å². The van der Waals surface area contributed by atoms with Crippen LogP contribution in [0.2, 0.25) is 0 Å².